The zero-order valence-corrected chi connectivity index (χ0v) is 12.9. The molecule has 2 nitrogen and oxygen atoms in total. The number of fused-ring (bicyclic) bond motifs is 1. The van der Waals surface area contributed by atoms with Crippen molar-refractivity contribution in [3.05, 3.63) is 63.1 Å². The Bertz CT molecular complexity index is 695. The number of hydrogen-bond donors (Lipinski definition) is 0. The van der Waals surface area contributed by atoms with Crippen molar-refractivity contribution in [3.63, 3.8) is 0 Å². The fourth-order valence-electron chi connectivity index (χ4n) is 2.60. The first-order valence-electron chi connectivity index (χ1n) is 6.87. The Labute approximate surface area is 133 Å². The Hall–Kier alpha value is -1.51. The largest absolute Gasteiger partial charge is 0.489 e. The maximum absolute atomic E-state index is 11.9. The van der Waals surface area contributed by atoms with Gasteiger partial charge in [-0.05, 0) is 25.0 Å². The van der Waals surface area contributed by atoms with Crippen LogP contribution in [-0.4, -0.2) is 5.78 Å². The second-order valence-corrected chi connectivity index (χ2v) is 5.85. The molecule has 0 spiro atoms. The van der Waals surface area contributed by atoms with Crippen LogP contribution in [0.4, 0.5) is 0 Å². The topological polar surface area (TPSA) is 26.3 Å². The Morgan fingerprint density at radius 2 is 1.86 bits per heavy atom. The highest BCUT2D eigenvalue weighted by molar-refractivity contribution is 6.42. The number of Topliss-reactive ketones (excluding diaryl/α,β-unsaturated/α-hetero) is 1. The highest BCUT2D eigenvalue weighted by Crippen LogP contribution is 2.31. The van der Waals surface area contributed by atoms with E-state index in [4.69, 9.17) is 27.9 Å². The minimum absolute atomic E-state index is 0.197. The summed E-state index contributed by atoms with van der Waals surface area (Å²) in [7, 11) is 0. The maximum atomic E-state index is 11.9. The molecule has 0 aliphatic heterocycles. The summed E-state index contributed by atoms with van der Waals surface area (Å²) in [5, 5.41) is 1.03. The normalized spacial score (nSPS) is 13.9. The molecule has 21 heavy (non-hydrogen) atoms. The van der Waals surface area contributed by atoms with Gasteiger partial charge in [0.25, 0.3) is 0 Å². The molecule has 108 valence electrons. The number of carbonyl (C=O) groups excluding carboxylic acids is 1. The van der Waals surface area contributed by atoms with Crippen LogP contribution in [0.3, 0.4) is 0 Å². The van der Waals surface area contributed by atoms with Gasteiger partial charge in [-0.3, -0.25) is 4.79 Å². The van der Waals surface area contributed by atoms with Crippen LogP contribution in [0.25, 0.3) is 0 Å². The first-order valence-corrected chi connectivity index (χ1v) is 7.63. The van der Waals surface area contributed by atoms with E-state index < -0.39 is 0 Å². The fraction of sp³-hybridized carbons (Fsp3) is 0.235. The van der Waals surface area contributed by atoms with Crippen molar-refractivity contribution in [2.45, 2.75) is 25.9 Å². The lowest BCUT2D eigenvalue weighted by molar-refractivity contribution is 0.0971. The van der Waals surface area contributed by atoms with E-state index in [1.807, 2.05) is 30.3 Å². The van der Waals surface area contributed by atoms with Gasteiger partial charge >= 0.3 is 0 Å². The smallest absolute Gasteiger partial charge is 0.163 e. The molecule has 0 aromatic heterocycles. The number of ketones is 1. The van der Waals surface area contributed by atoms with Gasteiger partial charge in [0.2, 0.25) is 0 Å². The van der Waals surface area contributed by atoms with E-state index in [-0.39, 0.29) is 5.78 Å². The minimum atomic E-state index is 0.197. The Kier molecular flexibility index (Phi) is 4.18. The van der Waals surface area contributed by atoms with Crippen LogP contribution in [0.1, 0.15) is 34.3 Å². The third-order valence-corrected chi connectivity index (χ3v) is 4.54. The Morgan fingerprint density at radius 1 is 1.05 bits per heavy atom. The summed E-state index contributed by atoms with van der Waals surface area (Å²) in [4.78, 5) is 11.9. The van der Waals surface area contributed by atoms with E-state index in [1.165, 1.54) is 0 Å². The van der Waals surface area contributed by atoms with E-state index in [0.717, 1.165) is 35.3 Å². The third-order valence-electron chi connectivity index (χ3n) is 3.68. The van der Waals surface area contributed by atoms with Crippen LogP contribution < -0.4 is 4.74 Å². The van der Waals surface area contributed by atoms with E-state index >= 15 is 0 Å². The zero-order chi connectivity index (χ0) is 14.8. The van der Waals surface area contributed by atoms with Gasteiger partial charge in [0.15, 0.2) is 5.78 Å². The molecule has 0 saturated heterocycles. The van der Waals surface area contributed by atoms with Crippen LogP contribution in [-0.2, 0) is 13.0 Å². The van der Waals surface area contributed by atoms with Gasteiger partial charge in [-0.15, -0.1) is 0 Å². The lowest BCUT2D eigenvalue weighted by Crippen LogP contribution is -2.12. The molecule has 1 aliphatic carbocycles. The van der Waals surface area contributed by atoms with Gasteiger partial charge < -0.3 is 4.74 Å². The summed E-state index contributed by atoms with van der Waals surface area (Å²) >= 11 is 12.2. The summed E-state index contributed by atoms with van der Waals surface area (Å²) in [5.74, 6) is 0.957. The highest BCUT2D eigenvalue weighted by atomic mass is 35.5. The van der Waals surface area contributed by atoms with Gasteiger partial charge in [0.05, 0.1) is 10.0 Å². The summed E-state index contributed by atoms with van der Waals surface area (Å²) < 4.78 is 5.88. The molecule has 3 rings (SSSR count). The number of halogens is 2. The first-order chi connectivity index (χ1) is 10.2. The van der Waals surface area contributed by atoms with E-state index in [2.05, 4.69) is 0 Å². The van der Waals surface area contributed by atoms with Crippen molar-refractivity contribution in [2.75, 3.05) is 0 Å². The second-order valence-electron chi connectivity index (χ2n) is 5.06. The molecule has 2 aromatic carbocycles. The van der Waals surface area contributed by atoms with E-state index in [1.54, 1.807) is 6.07 Å². The number of rotatable bonds is 3. The molecule has 1 aliphatic rings. The number of benzene rings is 2. The predicted octanol–water partition coefficient (Wildman–Crippen LogP) is 5.09. The number of ether oxygens (including phenoxy) is 1. The highest BCUT2D eigenvalue weighted by Gasteiger charge is 2.20. The molecule has 0 radical (unpaired) electrons. The molecule has 0 bridgehead atoms. The average Bonchev–Trinajstić information content (AvgIpc) is 2.49. The zero-order valence-electron chi connectivity index (χ0n) is 11.4. The monoisotopic (exact) mass is 320 g/mol. The van der Waals surface area contributed by atoms with Crippen LogP contribution in [0, 0.1) is 0 Å². The molecule has 4 heteroatoms. The lowest BCUT2D eigenvalue weighted by atomic mass is 9.90. The molecule has 0 unspecified atom stereocenters. The average molecular weight is 321 g/mol. The molecule has 2 aromatic rings. The Morgan fingerprint density at radius 3 is 2.71 bits per heavy atom. The van der Waals surface area contributed by atoms with E-state index in [9.17, 15) is 4.79 Å². The summed E-state index contributed by atoms with van der Waals surface area (Å²) in [6.07, 6.45) is 2.38. The number of carbonyl (C=O) groups is 1. The predicted molar refractivity (Wildman–Crippen MR) is 84.5 cm³/mol. The van der Waals surface area contributed by atoms with E-state index in [0.29, 0.717) is 23.1 Å². The van der Waals surface area contributed by atoms with Crippen molar-refractivity contribution in [1.29, 1.82) is 0 Å². The van der Waals surface area contributed by atoms with Crippen molar-refractivity contribution in [2.24, 2.45) is 0 Å². The van der Waals surface area contributed by atoms with Crippen molar-refractivity contribution >= 4 is 29.0 Å². The lowest BCUT2D eigenvalue weighted by Gasteiger charge is -2.19. The van der Waals surface area contributed by atoms with Gasteiger partial charge in [-0.2, -0.15) is 0 Å². The molecule has 0 amide bonds. The summed E-state index contributed by atoms with van der Waals surface area (Å²) in [6.45, 7) is 0.337. The molecular formula is C17H14Cl2O2. The van der Waals surface area contributed by atoms with Crippen molar-refractivity contribution in [1.82, 2.24) is 0 Å². The number of hydrogen-bond acceptors (Lipinski definition) is 2. The first kappa shape index (κ1) is 14.4. The third kappa shape index (κ3) is 2.92. The Balaban J connectivity index is 1.84. The van der Waals surface area contributed by atoms with Crippen LogP contribution in [0.15, 0.2) is 36.4 Å². The SMILES string of the molecule is O=C1CCCc2c(OCc3cccc(Cl)c3Cl)cccc21. The van der Waals surface area contributed by atoms with Gasteiger partial charge in [-0.1, -0.05) is 47.5 Å². The van der Waals surface area contributed by atoms with Crippen molar-refractivity contribution < 1.29 is 9.53 Å². The second kappa shape index (κ2) is 6.08. The maximum Gasteiger partial charge on any atom is 0.163 e. The molecular weight excluding hydrogens is 307 g/mol. The molecule has 0 atom stereocenters. The van der Waals surface area contributed by atoms with Crippen molar-refractivity contribution in [3.8, 4) is 5.75 Å². The molecule has 0 N–H and O–H groups in total. The molecule has 0 fully saturated rings. The van der Waals surface area contributed by atoms with Gasteiger partial charge in [-0.25, -0.2) is 0 Å². The van der Waals surface area contributed by atoms with Gasteiger partial charge in [0.1, 0.15) is 12.4 Å². The fourth-order valence-corrected chi connectivity index (χ4v) is 2.97. The van der Waals surface area contributed by atoms with Crippen LogP contribution in [0.2, 0.25) is 10.0 Å². The van der Waals surface area contributed by atoms with Gasteiger partial charge in [0, 0.05) is 23.1 Å². The summed E-state index contributed by atoms with van der Waals surface area (Å²) in [5.41, 5.74) is 2.63. The minimum Gasteiger partial charge on any atom is -0.489 e. The summed E-state index contributed by atoms with van der Waals surface area (Å²) in [6, 6.07) is 11.1. The molecule has 0 heterocycles. The standard InChI is InChI=1S/C17H14Cl2O2/c18-14-7-1-4-11(17(14)19)10-21-16-9-3-5-12-13(16)6-2-8-15(12)20/h1,3-5,7,9H,2,6,8,10H2. The van der Waals surface area contributed by atoms with Crippen LogP contribution in [0.5, 0.6) is 5.75 Å². The molecule has 0 saturated carbocycles. The van der Waals surface area contributed by atoms with Crippen LogP contribution >= 0.6 is 23.2 Å². The quantitative estimate of drug-likeness (QED) is 0.787.